The maximum atomic E-state index is 5.89. The Bertz CT molecular complexity index is 621. The molecule has 2 aromatic rings. The van der Waals surface area contributed by atoms with Crippen LogP contribution in [-0.4, -0.2) is 34.6 Å². The van der Waals surface area contributed by atoms with Gasteiger partial charge in [0.2, 0.25) is 11.8 Å². The molecule has 0 N–H and O–H groups in total. The van der Waals surface area contributed by atoms with Crippen LogP contribution in [0.5, 0.6) is 5.88 Å². The molecule has 5 nitrogen and oxygen atoms in total. The number of hydrogen-bond acceptors (Lipinski definition) is 5. The first-order chi connectivity index (χ1) is 11.3. The zero-order valence-corrected chi connectivity index (χ0v) is 13.9. The summed E-state index contributed by atoms with van der Waals surface area (Å²) >= 11 is 0. The molecular formula is C18H24N4O. The summed E-state index contributed by atoms with van der Waals surface area (Å²) in [5.41, 5.74) is 2.28. The van der Waals surface area contributed by atoms with Gasteiger partial charge in [0.15, 0.2) is 0 Å². The smallest absolute Gasteiger partial charge is 0.225 e. The van der Waals surface area contributed by atoms with E-state index in [2.05, 4.69) is 26.8 Å². The Kier molecular flexibility index (Phi) is 5.05. The van der Waals surface area contributed by atoms with Gasteiger partial charge in [-0.1, -0.05) is 13.0 Å². The highest BCUT2D eigenvalue weighted by Gasteiger charge is 2.21. The Morgan fingerprint density at radius 1 is 1.17 bits per heavy atom. The van der Waals surface area contributed by atoms with Gasteiger partial charge in [0, 0.05) is 37.2 Å². The highest BCUT2D eigenvalue weighted by molar-refractivity contribution is 5.30. The minimum absolute atomic E-state index is 0.572. The van der Waals surface area contributed by atoms with E-state index in [1.165, 1.54) is 5.56 Å². The van der Waals surface area contributed by atoms with Crippen molar-refractivity contribution in [3.63, 3.8) is 0 Å². The van der Waals surface area contributed by atoms with Gasteiger partial charge in [-0.05, 0) is 43.7 Å². The molecule has 5 heteroatoms. The lowest BCUT2D eigenvalue weighted by molar-refractivity contribution is 0.214. The average molecular weight is 312 g/mol. The maximum Gasteiger partial charge on any atom is 0.225 e. The Balaban J connectivity index is 1.49. The Hall–Kier alpha value is -2.17. The molecule has 23 heavy (non-hydrogen) atoms. The average Bonchev–Trinajstić information content (AvgIpc) is 2.62. The lowest BCUT2D eigenvalue weighted by atomic mass is 9.98. The quantitative estimate of drug-likeness (QED) is 0.849. The van der Waals surface area contributed by atoms with E-state index < -0.39 is 0 Å². The Labute approximate surface area is 137 Å². The molecular weight excluding hydrogens is 288 g/mol. The summed E-state index contributed by atoms with van der Waals surface area (Å²) in [6.45, 7) is 6.86. The third kappa shape index (κ3) is 3.97. The number of aromatic nitrogens is 3. The van der Waals surface area contributed by atoms with Gasteiger partial charge in [0.1, 0.15) is 0 Å². The predicted molar refractivity (Wildman–Crippen MR) is 90.8 cm³/mol. The normalized spacial score (nSPS) is 15.7. The summed E-state index contributed by atoms with van der Waals surface area (Å²) in [7, 11) is 0. The van der Waals surface area contributed by atoms with Gasteiger partial charge in [0.25, 0.3) is 0 Å². The molecule has 0 spiro atoms. The molecule has 3 heterocycles. The molecule has 1 aliphatic rings. The number of anilines is 1. The van der Waals surface area contributed by atoms with Crippen LogP contribution in [0.1, 0.15) is 30.9 Å². The Morgan fingerprint density at radius 3 is 2.57 bits per heavy atom. The first-order valence-electron chi connectivity index (χ1n) is 8.36. The van der Waals surface area contributed by atoms with E-state index in [1.54, 1.807) is 6.20 Å². The minimum atomic E-state index is 0.572. The van der Waals surface area contributed by atoms with E-state index in [0.717, 1.165) is 56.4 Å². The van der Waals surface area contributed by atoms with Gasteiger partial charge in [-0.15, -0.1) is 0 Å². The fourth-order valence-corrected chi connectivity index (χ4v) is 2.81. The number of piperidine rings is 1. The second-order valence-corrected chi connectivity index (χ2v) is 6.11. The van der Waals surface area contributed by atoms with Crippen molar-refractivity contribution in [2.45, 2.75) is 33.1 Å². The van der Waals surface area contributed by atoms with Crippen molar-refractivity contribution >= 4 is 5.95 Å². The first-order valence-corrected chi connectivity index (χ1v) is 8.36. The van der Waals surface area contributed by atoms with Crippen LogP contribution in [0, 0.1) is 12.8 Å². The third-order valence-electron chi connectivity index (χ3n) is 4.41. The van der Waals surface area contributed by atoms with Crippen LogP contribution in [-0.2, 0) is 6.42 Å². The number of ether oxygens (including phenoxy) is 1. The molecule has 0 aliphatic carbocycles. The minimum Gasteiger partial charge on any atom is -0.477 e. The monoisotopic (exact) mass is 312 g/mol. The van der Waals surface area contributed by atoms with Gasteiger partial charge < -0.3 is 9.64 Å². The van der Waals surface area contributed by atoms with E-state index in [0.29, 0.717) is 5.92 Å². The van der Waals surface area contributed by atoms with Crippen LogP contribution in [0.4, 0.5) is 5.95 Å². The van der Waals surface area contributed by atoms with Crippen molar-refractivity contribution in [1.82, 2.24) is 15.0 Å². The largest absolute Gasteiger partial charge is 0.477 e. The molecule has 122 valence electrons. The van der Waals surface area contributed by atoms with Gasteiger partial charge in [0.05, 0.1) is 6.61 Å². The second kappa shape index (κ2) is 7.40. The van der Waals surface area contributed by atoms with Crippen molar-refractivity contribution in [3.05, 3.63) is 41.9 Å². The SMILES string of the molecule is CCc1cnc(N2CCC(COc3ncccc3C)CC2)nc1. The zero-order chi connectivity index (χ0) is 16.1. The fraction of sp³-hybridized carbons (Fsp3) is 0.500. The summed E-state index contributed by atoms with van der Waals surface area (Å²) in [6, 6.07) is 3.97. The Morgan fingerprint density at radius 2 is 1.91 bits per heavy atom. The molecule has 0 aromatic carbocycles. The topological polar surface area (TPSA) is 51.1 Å². The lowest BCUT2D eigenvalue weighted by Crippen LogP contribution is -2.36. The summed E-state index contributed by atoms with van der Waals surface area (Å²) in [5, 5.41) is 0. The molecule has 1 saturated heterocycles. The number of pyridine rings is 1. The fourth-order valence-electron chi connectivity index (χ4n) is 2.81. The summed E-state index contributed by atoms with van der Waals surface area (Å²) in [5.74, 6) is 2.18. The highest BCUT2D eigenvalue weighted by atomic mass is 16.5. The molecule has 0 unspecified atom stereocenters. The van der Waals surface area contributed by atoms with Crippen molar-refractivity contribution in [2.24, 2.45) is 5.92 Å². The third-order valence-corrected chi connectivity index (χ3v) is 4.41. The van der Waals surface area contributed by atoms with Crippen LogP contribution in [0.2, 0.25) is 0 Å². The second-order valence-electron chi connectivity index (χ2n) is 6.11. The number of aryl methyl sites for hydroxylation is 2. The number of nitrogens with zero attached hydrogens (tertiary/aromatic N) is 4. The summed E-state index contributed by atoms with van der Waals surface area (Å²) < 4.78 is 5.89. The molecule has 2 aromatic heterocycles. The summed E-state index contributed by atoms with van der Waals surface area (Å²) in [4.78, 5) is 15.5. The molecule has 3 rings (SSSR count). The maximum absolute atomic E-state index is 5.89. The van der Waals surface area contributed by atoms with E-state index in [-0.39, 0.29) is 0 Å². The van der Waals surface area contributed by atoms with Crippen LogP contribution < -0.4 is 9.64 Å². The van der Waals surface area contributed by atoms with Crippen LogP contribution in [0.15, 0.2) is 30.7 Å². The van der Waals surface area contributed by atoms with Crippen molar-refractivity contribution in [3.8, 4) is 5.88 Å². The first kappa shape index (κ1) is 15.7. The van der Waals surface area contributed by atoms with Crippen LogP contribution >= 0.6 is 0 Å². The van der Waals surface area contributed by atoms with Gasteiger partial charge in [-0.3, -0.25) is 0 Å². The molecule has 0 saturated carbocycles. The van der Waals surface area contributed by atoms with Gasteiger partial charge in [-0.2, -0.15) is 0 Å². The van der Waals surface area contributed by atoms with Crippen molar-refractivity contribution in [2.75, 3.05) is 24.6 Å². The van der Waals surface area contributed by atoms with E-state index in [9.17, 15) is 0 Å². The highest BCUT2D eigenvalue weighted by Crippen LogP contribution is 2.22. The van der Waals surface area contributed by atoms with Crippen LogP contribution in [0.25, 0.3) is 0 Å². The standard InChI is InChI=1S/C18H24N4O/c1-3-15-11-20-18(21-12-15)22-9-6-16(7-10-22)13-23-17-14(2)5-4-8-19-17/h4-5,8,11-12,16H,3,6-7,9-10,13H2,1-2H3. The molecule has 1 fully saturated rings. The van der Waals surface area contributed by atoms with Crippen LogP contribution in [0.3, 0.4) is 0 Å². The molecule has 0 amide bonds. The molecule has 0 bridgehead atoms. The van der Waals surface area contributed by atoms with Gasteiger partial charge in [-0.25, -0.2) is 15.0 Å². The molecule has 0 radical (unpaired) electrons. The van der Waals surface area contributed by atoms with E-state index in [1.807, 2.05) is 31.5 Å². The van der Waals surface area contributed by atoms with Crippen molar-refractivity contribution in [1.29, 1.82) is 0 Å². The number of rotatable bonds is 5. The van der Waals surface area contributed by atoms with Crippen molar-refractivity contribution < 1.29 is 4.74 Å². The molecule has 1 aliphatic heterocycles. The number of hydrogen-bond donors (Lipinski definition) is 0. The lowest BCUT2D eigenvalue weighted by Gasteiger charge is -2.31. The zero-order valence-electron chi connectivity index (χ0n) is 13.9. The predicted octanol–water partition coefficient (Wildman–Crippen LogP) is 3.04. The van der Waals surface area contributed by atoms with E-state index >= 15 is 0 Å². The van der Waals surface area contributed by atoms with Gasteiger partial charge >= 0.3 is 0 Å². The summed E-state index contributed by atoms with van der Waals surface area (Å²) in [6.07, 6.45) is 8.83. The van der Waals surface area contributed by atoms with E-state index in [4.69, 9.17) is 4.74 Å². The molecule has 0 atom stereocenters.